The molecule has 1 aromatic rings. The highest BCUT2D eigenvalue weighted by Crippen LogP contribution is 2.21. The Morgan fingerprint density at radius 2 is 1.90 bits per heavy atom. The van der Waals surface area contributed by atoms with Crippen LogP contribution in [0.3, 0.4) is 0 Å². The molecule has 0 unspecified atom stereocenters. The Balaban J connectivity index is 1.71. The summed E-state index contributed by atoms with van der Waals surface area (Å²) in [5.74, 6) is -0.719. The van der Waals surface area contributed by atoms with Gasteiger partial charge in [-0.3, -0.25) is 4.79 Å². The smallest absolute Gasteiger partial charge is 0.309 e. The zero-order valence-electron chi connectivity index (χ0n) is 13.0. The summed E-state index contributed by atoms with van der Waals surface area (Å²) >= 11 is 0. The summed E-state index contributed by atoms with van der Waals surface area (Å²) in [6, 6.07) is 11.0. The van der Waals surface area contributed by atoms with Crippen molar-refractivity contribution >= 4 is 11.7 Å². The van der Waals surface area contributed by atoms with Crippen LogP contribution in [0.25, 0.3) is 0 Å². The van der Waals surface area contributed by atoms with Crippen molar-refractivity contribution in [1.29, 1.82) is 0 Å². The summed E-state index contributed by atoms with van der Waals surface area (Å²) in [5.41, 5.74) is 0.653. The molecule has 116 valence electrons. The predicted octanol–water partition coefficient (Wildman–Crippen LogP) is 2.75. The second-order valence-corrected chi connectivity index (χ2v) is 6.49. The highest BCUT2D eigenvalue weighted by Gasteiger charge is 2.27. The molecule has 1 aliphatic rings. The van der Waals surface area contributed by atoms with Crippen LogP contribution in [-0.2, 0) is 4.79 Å². The van der Waals surface area contributed by atoms with Gasteiger partial charge in [0.1, 0.15) is 0 Å². The molecule has 1 heterocycles. The third kappa shape index (κ3) is 4.46. The summed E-state index contributed by atoms with van der Waals surface area (Å²) in [6.07, 6.45) is 2.89. The molecular weight excluding hydrogens is 264 g/mol. The molecule has 0 spiro atoms. The van der Waals surface area contributed by atoms with Crippen LogP contribution in [0.15, 0.2) is 30.3 Å². The third-order valence-electron chi connectivity index (χ3n) is 4.38. The van der Waals surface area contributed by atoms with E-state index in [9.17, 15) is 4.79 Å². The fraction of sp³-hybridized carbons (Fsp3) is 0.588. The number of aliphatic carboxylic acids is 1. The number of nitrogens with zero attached hydrogens (tertiary/aromatic N) is 1. The van der Waals surface area contributed by atoms with E-state index in [1.54, 1.807) is 13.8 Å². The Morgan fingerprint density at radius 3 is 2.48 bits per heavy atom. The largest absolute Gasteiger partial charge is 0.481 e. The Hall–Kier alpha value is -1.55. The number of anilines is 1. The number of nitrogens with one attached hydrogen (secondary N) is 1. The predicted molar refractivity (Wildman–Crippen MR) is 85.7 cm³/mol. The van der Waals surface area contributed by atoms with Crippen molar-refractivity contribution in [2.45, 2.75) is 39.2 Å². The van der Waals surface area contributed by atoms with Gasteiger partial charge in [-0.2, -0.15) is 0 Å². The lowest BCUT2D eigenvalue weighted by molar-refractivity contribution is -0.147. The molecule has 1 fully saturated rings. The van der Waals surface area contributed by atoms with E-state index >= 15 is 0 Å². The van der Waals surface area contributed by atoms with Gasteiger partial charge in [-0.1, -0.05) is 18.2 Å². The monoisotopic (exact) mass is 290 g/mol. The SMILES string of the molecule is CC(C)(CCNC1CCN(c2ccccc2)CC1)C(=O)O. The molecule has 1 aromatic carbocycles. The molecule has 1 saturated heterocycles. The summed E-state index contributed by atoms with van der Waals surface area (Å²) < 4.78 is 0. The lowest BCUT2D eigenvalue weighted by Crippen LogP contribution is -2.43. The number of rotatable bonds is 6. The van der Waals surface area contributed by atoms with E-state index in [-0.39, 0.29) is 0 Å². The zero-order valence-corrected chi connectivity index (χ0v) is 13.0. The van der Waals surface area contributed by atoms with Gasteiger partial charge in [0.05, 0.1) is 5.41 Å². The molecule has 0 saturated carbocycles. The van der Waals surface area contributed by atoms with Gasteiger partial charge < -0.3 is 15.3 Å². The van der Waals surface area contributed by atoms with E-state index in [0.717, 1.165) is 32.5 Å². The highest BCUT2D eigenvalue weighted by atomic mass is 16.4. The summed E-state index contributed by atoms with van der Waals surface area (Å²) in [4.78, 5) is 13.5. The van der Waals surface area contributed by atoms with Gasteiger partial charge in [0.25, 0.3) is 0 Å². The fourth-order valence-corrected chi connectivity index (χ4v) is 2.68. The zero-order chi connectivity index (χ0) is 15.3. The average molecular weight is 290 g/mol. The third-order valence-corrected chi connectivity index (χ3v) is 4.38. The number of piperidine rings is 1. The number of carboxylic acids is 1. The second-order valence-electron chi connectivity index (χ2n) is 6.49. The van der Waals surface area contributed by atoms with Crippen molar-refractivity contribution in [3.8, 4) is 0 Å². The first kappa shape index (κ1) is 15.8. The lowest BCUT2D eigenvalue weighted by Gasteiger charge is -2.34. The van der Waals surface area contributed by atoms with Crippen molar-refractivity contribution in [3.05, 3.63) is 30.3 Å². The summed E-state index contributed by atoms with van der Waals surface area (Å²) in [6.45, 7) is 6.47. The molecule has 0 bridgehead atoms. The first-order valence-electron chi connectivity index (χ1n) is 7.76. The van der Waals surface area contributed by atoms with Crippen LogP contribution in [0.2, 0.25) is 0 Å². The molecule has 0 aliphatic carbocycles. The molecule has 4 heteroatoms. The summed E-state index contributed by atoms with van der Waals surface area (Å²) in [5, 5.41) is 12.6. The molecule has 2 N–H and O–H groups in total. The van der Waals surface area contributed by atoms with Crippen LogP contribution < -0.4 is 10.2 Å². The van der Waals surface area contributed by atoms with Crippen molar-refractivity contribution in [1.82, 2.24) is 5.32 Å². The molecule has 0 atom stereocenters. The number of carbonyl (C=O) groups is 1. The van der Waals surface area contributed by atoms with E-state index in [0.29, 0.717) is 12.5 Å². The molecule has 4 nitrogen and oxygen atoms in total. The second kappa shape index (κ2) is 6.94. The lowest BCUT2D eigenvalue weighted by atomic mass is 9.89. The average Bonchev–Trinajstić information content (AvgIpc) is 2.48. The van der Waals surface area contributed by atoms with Gasteiger partial charge in [0, 0.05) is 24.8 Å². The van der Waals surface area contributed by atoms with Crippen molar-refractivity contribution in [3.63, 3.8) is 0 Å². The van der Waals surface area contributed by atoms with Gasteiger partial charge in [0.2, 0.25) is 0 Å². The number of hydrogen-bond donors (Lipinski definition) is 2. The van der Waals surface area contributed by atoms with Crippen LogP contribution in [0.4, 0.5) is 5.69 Å². The maximum Gasteiger partial charge on any atom is 0.309 e. The minimum atomic E-state index is -0.719. The Kier molecular flexibility index (Phi) is 5.23. The van der Waals surface area contributed by atoms with Crippen molar-refractivity contribution in [2.24, 2.45) is 5.41 Å². The first-order valence-corrected chi connectivity index (χ1v) is 7.76. The van der Waals surface area contributed by atoms with Gasteiger partial charge in [-0.15, -0.1) is 0 Å². The summed E-state index contributed by atoms with van der Waals surface area (Å²) in [7, 11) is 0. The standard InChI is InChI=1S/C17H26N2O2/c1-17(2,16(20)21)10-11-18-14-8-12-19(13-9-14)15-6-4-3-5-7-15/h3-7,14,18H,8-13H2,1-2H3,(H,20,21). The van der Waals surface area contributed by atoms with Crippen LogP contribution in [0.1, 0.15) is 33.1 Å². The highest BCUT2D eigenvalue weighted by molar-refractivity contribution is 5.73. The molecule has 1 aliphatic heterocycles. The Labute approximate surface area is 127 Å². The van der Waals surface area contributed by atoms with Crippen LogP contribution in [0.5, 0.6) is 0 Å². The van der Waals surface area contributed by atoms with E-state index in [2.05, 4.69) is 34.5 Å². The fourth-order valence-electron chi connectivity index (χ4n) is 2.68. The van der Waals surface area contributed by atoms with Crippen LogP contribution >= 0.6 is 0 Å². The maximum absolute atomic E-state index is 11.1. The van der Waals surface area contributed by atoms with Crippen LogP contribution in [-0.4, -0.2) is 36.8 Å². The van der Waals surface area contributed by atoms with Crippen LogP contribution in [0, 0.1) is 5.41 Å². The quantitative estimate of drug-likeness (QED) is 0.846. The molecule has 0 radical (unpaired) electrons. The molecule has 0 aromatic heterocycles. The number of carboxylic acid groups (broad SMARTS) is 1. The molecule has 2 rings (SSSR count). The van der Waals surface area contributed by atoms with E-state index < -0.39 is 11.4 Å². The molecular formula is C17H26N2O2. The van der Waals surface area contributed by atoms with Gasteiger partial charge in [0.15, 0.2) is 0 Å². The van der Waals surface area contributed by atoms with Gasteiger partial charge in [-0.05, 0) is 51.8 Å². The normalized spacial score (nSPS) is 17.0. The van der Waals surface area contributed by atoms with E-state index in [1.165, 1.54) is 5.69 Å². The Morgan fingerprint density at radius 1 is 1.29 bits per heavy atom. The minimum Gasteiger partial charge on any atom is -0.481 e. The van der Waals surface area contributed by atoms with Gasteiger partial charge in [-0.25, -0.2) is 0 Å². The van der Waals surface area contributed by atoms with E-state index in [1.807, 2.05) is 6.07 Å². The number of para-hydroxylation sites is 1. The van der Waals surface area contributed by atoms with Crippen molar-refractivity contribution in [2.75, 3.05) is 24.5 Å². The Bertz CT molecular complexity index is 451. The van der Waals surface area contributed by atoms with Crippen molar-refractivity contribution < 1.29 is 9.90 Å². The van der Waals surface area contributed by atoms with Gasteiger partial charge >= 0.3 is 5.97 Å². The number of hydrogen-bond acceptors (Lipinski definition) is 3. The maximum atomic E-state index is 11.1. The minimum absolute atomic E-state index is 0.509. The topological polar surface area (TPSA) is 52.6 Å². The first-order chi connectivity index (χ1) is 9.99. The van der Waals surface area contributed by atoms with E-state index in [4.69, 9.17) is 5.11 Å². The molecule has 0 amide bonds. The number of benzene rings is 1. The molecule has 21 heavy (non-hydrogen) atoms.